The van der Waals surface area contributed by atoms with Gasteiger partial charge in [0.05, 0.1) is 6.21 Å². The molecule has 1 aliphatic heterocycles. The first-order valence-electron chi connectivity index (χ1n) is 8.32. The second-order valence-electron chi connectivity index (χ2n) is 6.20. The van der Waals surface area contributed by atoms with Crippen molar-refractivity contribution in [1.82, 2.24) is 14.2 Å². The minimum Gasteiger partial charge on any atom is -0.504 e. The molecular formula is C17H21N5O4S. The molecule has 1 aromatic carbocycles. The van der Waals surface area contributed by atoms with Crippen molar-refractivity contribution in [1.29, 1.82) is 0 Å². The maximum Gasteiger partial charge on any atom is 0.244 e. The fourth-order valence-electron chi connectivity index (χ4n) is 2.57. The van der Waals surface area contributed by atoms with E-state index in [0.29, 0.717) is 37.6 Å². The second kappa shape index (κ2) is 7.91. The first-order chi connectivity index (χ1) is 12.9. The van der Waals surface area contributed by atoms with E-state index in [1.165, 1.54) is 41.0 Å². The molecule has 10 heteroatoms. The highest BCUT2D eigenvalue weighted by atomic mass is 32.2. The van der Waals surface area contributed by atoms with Gasteiger partial charge in [0.1, 0.15) is 10.7 Å². The van der Waals surface area contributed by atoms with Crippen molar-refractivity contribution in [2.24, 2.45) is 5.10 Å². The van der Waals surface area contributed by atoms with Crippen molar-refractivity contribution in [3.63, 3.8) is 0 Å². The highest BCUT2D eigenvalue weighted by molar-refractivity contribution is 7.89. The Morgan fingerprint density at radius 1 is 1.11 bits per heavy atom. The largest absolute Gasteiger partial charge is 0.504 e. The van der Waals surface area contributed by atoms with E-state index < -0.39 is 10.0 Å². The van der Waals surface area contributed by atoms with E-state index in [-0.39, 0.29) is 16.4 Å². The Labute approximate surface area is 157 Å². The highest BCUT2D eigenvalue weighted by Gasteiger charge is 2.27. The van der Waals surface area contributed by atoms with E-state index in [0.717, 1.165) is 0 Å². The molecule has 1 fully saturated rings. The molecule has 0 spiro atoms. The number of nitrogens with one attached hydrogen (secondary N) is 1. The van der Waals surface area contributed by atoms with Crippen molar-refractivity contribution in [3.05, 3.63) is 42.1 Å². The van der Waals surface area contributed by atoms with Gasteiger partial charge in [-0.3, -0.25) is 5.43 Å². The van der Waals surface area contributed by atoms with Crippen LogP contribution in [0.5, 0.6) is 11.5 Å². The number of benzene rings is 1. The van der Waals surface area contributed by atoms with Gasteiger partial charge in [-0.2, -0.15) is 9.41 Å². The second-order valence-corrected chi connectivity index (χ2v) is 8.14. The number of aromatic hydroxyl groups is 2. The normalized spacial score (nSPS) is 16.6. The number of hydrogen-bond donors (Lipinski definition) is 3. The van der Waals surface area contributed by atoms with Gasteiger partial charge in [-0.15, -0.1) is 0 Å². The number of hydrogen-bond acceptors (Lipinski definition) is 8. The molecule has 144 valence electrons. The molecule has 27 heavy (non-hydrogen) atoms. The smallest absolute Gasteiger partial charge is 0.244 e. The fraction of sp³-hybridized carbons (Fsp3) is 0.294. The molecule has 0 aliphatic carbocycles. The lowest BCUT2D eigenvalue weighted by molar-refractivity contribution is 0.222. The number of likely N-dealkylation sites (N-methyl/N-ethyl adjacent to an activating group) is 1. The third kappa shape index (κ3) is 4.54. The van der Waals surface area contributed by atoms with Crippen molar-refractivity contribution in [3.8, 4) is 11.5 Å². The first-order valence-corrected chi connectivity index (χ1v) is 9.76. The Hall–Kier alpha value is -2.69. The summed E-state index contributed by atoms with van der Waals surface area (Å²) in [5.41, 5.74) is 3.27. The maximum absolute atomic E-state index is 12.6. The van der Waals surface area contributed by atoms with Gasteiger partial charge < -0.3 is 15.1 Å². The van der Waals surface area contributed by atoms with Crippen LogP contribution >= 0.6 is 0 Å². The third-order valence-corrected chi connectivity index (χ3v) is 6.11. The lowest BCUT2D eigenvalue weighted by atomic mass is 10.2. The minimum absolute atomic E-state index is 0.144. The SMILES string of the molecule is CN1CCN(S(=O)(=O)c2ccc(N/N=C/c3ccc(O)c(O)c3)nc2)CC1. The summed E-state index contributed by atoms with van der Waals surface area (Å²) in [5.74, 6) is -0.0685. The molecule has 0 unspecified atom stereocenters. The average molecular weight is 391 g/mol. The number of rotatable bonds is 5. The lowest BCUT2D eigenvalue weighted by Crippen LogP contribution is -2.47. The molecule has 2 aromatic rings. The van der Waals surface area contributed by atoms with E-state index in [1.54, 1.807) is 6.07 Å². The van der Waals surface area contributed by atoms with Crippen LogP contribution in [0.3, 0.4) is 0 Å². The quantitative estimate of drug-likeness (QED) is 0.393. The number of nitrogens with zero attached hydrogens (tertiary/aromatic N) is 4. The van der Waals surface area contributed by atoms with Crippen molar-refractivity contribution in [2.45, 2.75) is 4.90 Å². The number of pyridine rings is 1. The number of sulfonamides is 1. The summed E-state index contributed by atoms with van der Waals surface area (Å²) in [6, 6.07) is 7.32. The van der Waals surface area contributed by atoms with Gasteiger partial charge >= 0.3 is 0 Å². The summed E-state index contributed by atoms with van der Waals surface area (Å²) in [4.78, 5) is 6.32. The van der Waals surface area contributed by atoms with Crippen LogP contribution in [0.4, 0.5) is 5.82 Å². The number of anilines is 1. The van der Waals surface area contributed by atoms with Crippen molar-refractivity contribution >= 4 is 22.1 Å². The van der Waals surface area contributed by atoms with Crippen LogP contribution < -0.4 is 5.43 Å². The number of piperazine rings is 1. The van der Waals surface area contributed by atoms with Crippen LogP contribution in [-0.2, 0) is 10.0 Å². The summed E-state index contributed by atoms with van der Waals surface area (Å²) >= 11 is 0. The van der Waals surface area contributed by atoms with Gasteiger partial charge in [0.2, 0.25) is 10.0 Å². The van der Waals surface area contributed by atoms with Gasteiger partial charge in [0.15, 0.2) is 11.5 Å². The molecule has 3 N–H and O–H groups in total. The molecule has 0 amide bonds. The molecule has 0 radical (unpaired) electrons. The molecule has 1 aromatic heterocycles. The van der Waals surface area contributed by atoms with Crippen LogP contribution in [0.1, 0.15) is 5.56 Å². The maximum atomic E-state index is 12.6. The van der Waals surface area contributed by atoms with Crippen molar-refractivity contribution < 1.29 is 18.6 Å². The van der Waals surface area contributed by atoms with Gasteiger partial charge in [-0.25, -0.2) is 13.4 Å². The Morgan fingerprint density at radius 3 is 2.48 bits per heavy atom. The van der Waals surface area contributed by atoms with Crippen LogP contribution in [0.2, 0.25) is 0 Å². The number of phenols is 2. The molecule has 0 bridgehead atoms. The number of aromatic nitrogens is 1. The fourth-order valence-corrected chi connectivity index (χ4v) is 3.94. The van der Waals surface area contributed by atoms with E-state index in [9.17, 15) is 18.6 Å². The Kier molecular flexibility index (Phi) is 5.59. The zero-order valence-corrected chi connectivity index (χ0v) is 15.6. The van der Waals surface area contributed by atoms with Gasteiger partial charge in [0.25, 0.3) is 0 Å². The first kappa shape index (κ1) is 19.1. The molecule has 0 atom stereocenters. The molecule has 0 saturated carbocycles. The summed E-state index contributed by atoms with van der Waals surface area (Å²) in [5, 5.41) is 22.7. The molecule has 2 heterocycles. The van der Waals surface area contributed by atoms with E-state index in [2.05, 4.69) is 20.4 Å². The lowest BCUT2D eigenvalue weighted by Gasteiger charge is -2.31. The number of phenolic OH excluding ortho intramolecular Hbond substituents is 2. The Morgan fingerprint density at radius 2 is 1.85 bits per heavy atom. The van der Waals surface area contributed by atoms with Crippen LogP contribution in [0, 0.1) is 0 Å². The highest BCUT2D eigenvalue weighted by Crippen LogP contribution is 2.24. The van der Waals surface area contributed by atoms with Gasteiger partial charge in [-0.1, -0.05) is 0 Å². The topological polar surface area (TPSA) is 118 Å². The molecule has 1 saturated heterocycles. The zero-order valence-electron chi connectivity index (χ0n) is 14.8. The summed E-state index contributed by atoms with van der Waals surface area (Å²) in [7, 11) is -1.58. The monoisotopic (exact) mass is 391 g/mol. The predicted molar refractivity (Wildman–Crippen MR) is 101 cm³/mol. The third-order valence-electron chi connectivity index (χ3n) is 4.23. The summed E-state index contributed by atoms with van der Waals surface area (Å²) in [6.07, 6.45) is 2.74. The van der Waals surface area contributed by atoms with E-state index >= 15 is 0 Å². The zero-order chi connectivity index (χ0) is 19.4. The summed E-state index contributed by atoms with van der Waals surface area (Å²) in [6.45, 7) is 2.33. The molecule has 9 nitrogen and oxygen atoms in total. The minimum atomic E-state index is -3.55. The van der Waals surface area contributed by atoms with E-state index in [4.69, 9.17) is 0 Å². The molecule has 1 aliphatic rings. The van der Waals surface area contributed by atoms with Crippen molar-refractivity contribution in [2.75, 3.05) is 38.7 Å². The summed E-state index contributed by atoms with van der Waals surface area (Å²) < 4.78 is 26.7. The molecular weight excluding hydrogens is 370 g/mol. The number of hydrazone groups is 1. The Bertz CT molecular complexity index is 923. The van der Waals surface area contributed by atoms with E-state index in [1.807, 2.05) is 7.05 Å². The van der Waals surface area contributed by atoms with Gasteiger partial charge in [-0.05, 0) is 42.9 Å². The Balaban J connectivity index is 1.64. The van der Waals surface area contributed by atoms with Crippen LogP contribution in [0.25, 0.3) is 0 Å². The average Bonchev–Trinajstić information content (AvgIpc) is 2.65. The van der Waals surface area contributed by atoms with Crippen LogP contribution in [0.15, 0.2) is 46.5 Å². The van der Waals surface area contributed by atoms with Crippen LogP contribution in [-0.4, -0.2) is 72.3 Å². The standard InChI is InChI=1S/C17H21N5O4S/c1-21-6-8-22(9-7-21)27(25,26)14-3-5-17(18-12-14)20-19-11-13-2-4-15(23)16(24)10-13/h2-5,10-12,23-24H,6-9H2,1H3,(H,18,20)/b19-11+. The van der Waals surface area contributed by atoms with Gasteiger partial charge in [0, 0.05) is 32.4 Å². The predicted octanol–water partition coefficient (Wildman–Crippen LogP) is 0.875. The molecule has 3 rings (SSSR count).